The van der Waals surface area contributed by atoms with Crippen molar-refractivity contribution in [3.8, 4) is 0 Å². The van der Waals surface area contributed by atoms with Crippen molar-refractivity contribution in [1.82, 2.24) is 4.90 Å². The largest absolute Gasteiger partial charge is 0.343 e. The lowest BCUT2D eigenvalue weighted by molar-refractivity contribution is -0.133. The summed E-state index contributed by atoms with van der Waals surface area (Å²) in [7, 11) is 0. The molecule has 2 N–H and O–H groups in total. The third-order valence-corrected chi connectivity index (χ3v) is 5.27. The molecule has 1 heterocycles. The standard InChI is InChI=1S/C18H26N2O.ClH/c19-17-8-4-7-16(17)13-18(21)20-11-9-15(10-12-20)14-5-2-1-3-6-14;/h1-3,5-6,15-17H,4,7-13,19H2;1H/t16-,17+;/m0./s1. The van der Waals surface area contributed by atoms with E-state index < -0.39 is 0 Å². The second-order valence-corrected chi connectivity index (χ2v) is 6.62. The molecule has 0 bridgehead atoms. The van der Waals surface area contributed by atoms with Crippen LogP contribution in [0.3, 0.4) is 0 Å². The van der Waals surface area contributed by atoms with E-state index in [1.807, 2.05) is 0 Å². The molecule has 2 fully saturated rings. The maximum Gasteiger partial charge on any atom is 0.222 e. The molecule has 22 heavy (non-hydrogen) atoms. The molecule has 4 heteroatoms. The first-order valence-electron chi connectivity index (χ1n) is 8.32. The maximum absolute atomic E-state index is 12.4. The fourth-order valence-electron chi connectivity index (χ4n) is 3.86. The van der Waals surface area contributed by atoms with Crippen LogP contribution in [0.5, 0.6) is 0 Å². The number of carbonyl (C=O) groups excluding carboxylic acids is 1. The Bertz CT molecular complexity index is 471. The fraction of sp³-hybridized carbons (Fsp3) is 0.611. The molecule has 1 amide bonds. The van der Waals surface area contributed by atoms with E-state index in [1.54, 1.807) is 0 Å². The van der Waals surface area contributed by atoms with Gasteiger partial charge in [-0.3, -0.25) is 4.79 Å². The lowest BCUT2D eigenvalue weighted by atomic mass is 9.89. The minimum Gasteiger partial charge on any atom is -0.343 e. The van der Waals surface area contributed by atoms with E-state index in [0.717, 1.165) is 38.8 Å². The Balaban J connectivity index is 0.00000176. The number of nitrogens with two attached hydrogens (primary N) is 1. The SMILES string of the molecule is Cl.N[C@@H]1CCC[C@H]1CC(=O)N1CCC(c2ccccc2)CC1. The fourth-order valence-corrected chi connectivity index (χ4v) is 3.86. The highest BCUT2D eigenvalue weighted by atomic mass is 35.5. The van der Waals surface area contributed by atoms with E-state index in [4.69, 9.17) is 5.73 Å². The van der Waals surface area contributed by atoms with Crippen LogP contribution in [0.25, 0.3) is 0 Å². The first-order chi connectivity index (χ1) is 10.2. The summed E-state index contributed by atoms with van der Waals surface area (Å²) in [6.45, 7) is 1.81. The van der Waals surface area contributed by atoms with Gasteiger partial charge < -0.3 is 10.6 Å². The molecule has 0 unspecified atom stereocenters. The average molecular weight is 323 g/mol. The van der Waals surface area contributed by atoms with Crippen molar-refractivity contribution in [1.29, 1.82) is 0 Å². The zero-order valence-electron chi connectivity index (χ0n) is 13.1. The molecule has 0 spiro atoms. The van der Waals surface area contributed by atoms with Crippen LogP contribution in [0.2, 0.25) is 0 Å². The molecule has 1 aromatic carbocycles. The van der Waals surface area contributed by atoms with Crippen LogP contribution in [-0.2, 0) is 4.79 Å². The lowest BCUT2D eigenvalue weighted by Gasteiger charge is -2.33. The minimum absolute atomic E-state index is 0. The molecule has 0 radical (unpaired) electrons. The normalized spacial score (nSPS) is 25.8. The number of nitrogens with zero attached hydrogens (tertiary/aromatic N) is 1. The van der Waals surface area contributed by atoms with Crippen LogP contribution in [0, 0.1) is 5.92 Å². The lowest BCUT2D eigenvalue weighted by Crippen LogP contribution is -2.40. The van der Waals surface area contributed by atoms with Crippen molar-refractivity contribution < 1.29 is 4.79 Å². The van der Waals surface area contributed by atoms with Gasteiger partial charge in [0.25, 0.3) is 0 Å². The van der Waals surface area contributed by atoms with E-state index in [2.05, 4.69) is 35.2 Å². The number of hydrogen-bond donors (Lipinski definition) is 1. The maximum atomic E-state index is 12.4. The Hall–Kier alpha value is -1.06. The number of carbonyl (C=O) groups is 1. The Labute approximate surface area is 139 Å². The smallest absolute Gasteiger partial charge is 0.222 e. The molecule has 3 nitrogen and oxygen atoms in total. The third kappa shape index (κ3) is 4.02. The van der Waals surface area contributed by atoms with Gasteiger partial charge in [0.2, 0.25) is 5.91 Å². The summed E-state index contributed by atoms with van der Waals surface area (Å²) in [6.07, 6.45) is 6.26. The number of hydrogen-bond acceptors (Lipinski definition) is 2. The molecule has 1 aromatic rings. The summed E-state index contributed by atoms with van der Waals surface area (Å²) >= 11 is 0. The number of piperidine rings is 1. The van der Waals surface area contributed by atoms with Crippen LogP contribution >= 0.6 is 12.4 Å². The molecular formula is C18H27ClN2O. The Morgan fingerprint density at radius 3 is 2.36 bits per heavy atom. The second-order valence-electron chi connectivity index (χ2n) is 6.62. The first kappa shape index (κ1) is 17.3. The van der Waals surface area contributed by atoms with Crippen molar-refractivity contribution in [3.05, 3.63) is 35.9 Å². The Morgan fingerprint density at radius 2 is 1.77 bits per heavy atom. The van der Waals surface area contributed by atoms with E-state index in [0.29, 0.717) is 24.2 Å². The average Bonchev–Trinajstić information content (AvgIpc) is 2.93. The van der Waals surface area contributed by atoms with Crippen molar-refractivity contribution in [3.63, 3.8) is 0 Å². The number of benzene rings is 1. The topological polar surface area (TPSA) is 46.3 Å². The zero-order chi connectivity index (χ0) is 14.7. The molecule has 122 valence electrons. The minimum atomic E-state index is 0. The number of amides is 1. The van der Waals surface area contributed by atoms with E-state index in [9.17, 15) is 4.79 Å². The van der Waals surface area contributed by atoms with E-state index in [1.165, 1.54) is 12.0 Å². The number of halogens is 1. The highest BCUT2D eigenvalue weighted by Gasteiger charge is 2.29. The van der Waals surface area contributed by atoms with Gasteiger partial charge in [0.15, 0.2) is 0 Å². The molecule has 0 aromatic heterocycles. The molecule has 3 rings (SSSR count). The van der Waals surface area contributed by atoms with Crippen molar-refractivity contribution in [2.75, 3.05) is 13.1 Å². The summed E-state index contributed by atoms with van der Waals surface area (Å²) < 4.78 is 0. The van der Waals surface area contributed by atoms with Gasteiger partial charge in [-0.25, -0.2) is 0 Å². The summed E-state index contributed by atoms with van der Waals surface area (Å²) in [6, 6.07) is 10.9. The van der Waals surface area contributed by atoms with Crippen LogP contribution in [-0.4, -0.2) is 29.9 Å². The molecule has 1 aliphatic carbocycles. The molecule has 1 aliphatic heterocycles. The van der Waals surface area contributed by atoms with Gasteiger partial charge in [-0.05, 0) is 43.1 Å². The monoisotopic (exact) mass is 322 g/mol. The van der Waals surface area contributed by atoms with Gasteiger partial charge in [-0.15, -0.1) is 12.4 Å². The number of likely N-dealkylation sites (tertiary alicyclic amines) is 1. The molecule has 1 saturated heterocycles. The predicted octanol–water partition coefficient (Wildman–Crippen LogP) is 3.33. The zero-order valence-corrected chi connectivity index (χ0v) is 13.9. The van der Waals surface area contributed by atoms with Crippen LogP contribution < -0.4 is 5.73 Å². The second kappa shape index (κ2) is 7.98. The van der Waals surface area contributed by atoms with Gasteiger partial charge in [-0.2, -0.15) is 0 Å². The van der Waals surface area contributed by atoms with Gasteiger partial charge in [-0.1, -0.05) is 36.8 Å². The van der Waals surface area contributed by atoms with Gasteiger partial charge in [0.05, 0.1) is 0 Å². The van der Waals surface area contributed by atoms with Gasteiger partial charge in [0.1, 0.15) is 0 Å². The molecule has 1 saturated carbocycles. The quantitative estimate of drug-likeness (QED) is 0.927. The van der Waals surface area contributed by atoms with E-state index >= 15 is 0 Å². The van der Waals surface area contributed by atoms with Crippen molar-refractivity contribution in [2.24, 2.45) is 11.7 Å². The predicted molar refractivity (Wildman–Crippen MR) is 92.2 cm³/mol. The molecule has 2 aliphatic rings. The first-order valence-corrected chi connectivity index (χ1v) is 8.32. The van der Waals surface area contributed by atoms with Crippen molar-refractivity contribution in [2.45, 2.75) is 50.5 Å². The summed E-state index contributed by atoms with van der Waals surface area (Å²) in [5.74, 6) is 1.36. The summed E-state index contributed by atoms with van der Waals surface area (Å²) in [5.41, 5.74) is 7.50. The van der Waals surface area contributed by atoms with Crippen molar-refractivity contribution >= 4 is 18.3 Å². The van der Waals surface area contributed by atoms with Crippen LogP contribution in [0.15, 0.2) is 30.3 Å². The highest BCUT2D eigenvalue weighted by molar-refractivity contribution is 5.85. The van der Waals surface area contributed by atoms with E-state index in [-0.39, 0.29) is 18.4 Å². The number of rotatable bonds is 3. The summed E-state index contributed by atoms with van der Waals surface area (Å²) in [4.78, 5) is 14.5. The van der Waals surface area contributed by atoms with Crippen LogP contribution in [0.1, 0.15) is 50.0 Å². The molecular weight excluding hydrogens is 296 g/mol. The Kier molecular flexibility index (Phi) is 6.27. The van der Waals surface area contributed by atoms with Crippen LogP contribution in [0.4, 0.5) is 0 Å². The third-order valence-electron chi connectivity index (χ3n) is 5.27. The van der Waals surface area contributed by atoms with Gasteiger partial charge >= 0.3 is 0 Å². The Morgan fingerprint density at radius 1 is 1.09 bits per heavy atom. The molecule has 2 atom stereocenters. The van der Waals surface area contributed by atoms with Gasteiger partial charge in [0, 0.05) is 25.6 Å². The summed E-state index contributed by atoms with van der Waals surface area (Å²) in [5, 5.41) is 0. The highest BCUT2D eigenvalue weighted by Crippen LogP contribution is 2.30.